The number of nitrogens with zero attached hydrogens (tertiary/aromatic N) is 3. The number of hydrogen-bond acceptors (Lipinski definition) is 4. The van der Waals surface area contributed by atoms with Crippen LogP contribution in [0.1, 0.15) is 36.6 Å². The SMILES string of the molecule is Cn1cccc1[C@@H]1CCCN1CCC(=O)Nc1sccc1C#N. The van der Waals surface area contributed by atoms with Gasteiger partial charge in [-0.15, -0.1) is 11.3 Å². The third kappa shape index (κ3) is 3.46. The van der Waals surface area contributed by atoms with Crippen molar-refractivity contribution in [1.29, 1.82) is 5.26 Å². The maximum absolute atomic E-state index is 12.1. The van der Waals surface area contributed by atoms with Crippen LogP contribution in [0.4, 0.5) is 5.00 Å². The largest absolute Gasteiger partial charge is 0.353 e. The van der Waals surface area contributed by atoms with Crippen molar-refractivity contribution in [3.63, 3.8) is 0 Å². The van der Waals surface area contributed by atoms with Crippen molar-refractivity contribution < 1.29 is 4.79 Å². The van der Waals surface area contributed by atoms with Gasteiger partial charge in [-0.05, 0) is 43.0 Å². The van der Waals surface area contributed by atoms with E-state index in [-0.39, 0.29) is 5.91 Å². The lowest BCUT2D eigenvalue weighted by atomic mass is 10.1. The first-order chi connectivity index (χ1) is 11.2. The van der Waals surface area contributed by atoms with Gasteiger partial charge in [-0.2, -0.15) is 5.26 Å². The quantitative estimate of drug-likeness (QED) is 0.917. The molecule has 3 heterocycles. The lowest BCUT2D eigenvalue weighted by Crippen LogP contribution is -2.28. The highest BCUT2D eigenvalue weighted by Crippen LogP contribution is 2.32. The van der Waals surface area contributed by atoms with Crippen LogP contribution in [-0.4, -0.2) is 28.5 Å². The van der Waals surface area contributed by atoms with Crippen molar-refractivity contribution in [3.05, 3.63) is 41.0 Å². The van der Waals surface area contributed by atoms with Gasteiger partial charge in [0.2, 0.25) is 5.91 Å². The maximum Gasteiger partial charge on any atom is 0.226 e. The molecule has 1 amide bonds. The first-order valence-electron chi connectivity index (χ1n) is 7.82. The van der Waals surface area contributed by atoms with E-state index >= 15 is 0 Å². The molecule has 2 aromatic heterocycles. The van der Waals surface area contributed by atoms with E-state index in [0.29, 0.717) is 23.0 Å². The normalized spacial score (nSPS) is 18.0. The molecule has 1 atom stereocenters. The Morgan fingerprint density at radius 2 is 2.39 bits per heavy atom. The third-order valence-electron chi connectivity index (χ3n) is 4.35. The van der Waals surface area contributed by atoms with Crippen LogP contribution < -0.4 is 5.32 Å². The molecule has 120 valence electrons. The summed E-state index contributed by atoms with van der Waals surface area (Å²) in [5.74, 6) is -0.0264. The van der Waals surface area contributed by atoms with Gasteiger partial charge in [0.15, 0.2) is 0 Å². The van der Waals surface area contributed by atoms with Crippen LogP contribution >= 0.6 is 11.3 Å². The highest BCUT2D eigenvalue weighted by molar-refractivity contribution is 7.14. The fraction of sp³-hybridized carbons (Fsp3) is 0.412. The zero-order chi connectivity index (χ0) is 16.2. The Morgan fingerprint density at radius 1 is 1.52 bits per heavy atom. The van der Waals surface area contributed by atoms with Gasteiger partial charge in [0, 0.05) is 31.9 Å². The predicted octanol–water partition coefficient (Wildman–Crippen LogP) is 3.12. The Morgan fingerprint density at radius 3 is 3.13 bits per heavy atom. The molecule has 3 rings (SSSR count). The predicted molar refractivity (Wildman–Crippen MR) is 91.2 cm³/mol. The second-order valence-corrected chi connectivity index (χ2v) is 6.73. The molecule has 23 heavy (non-hydrogen) atoms. The average molecular weight is 328 g/mol. The minimum absolute atomic E-state index is 0.0264. The van der Waals surface area contributed by atoms with E-state index in [4.69, 9.17) is 5.26 Å². The van der Waals surface area contributed by atoms with Crippen LogP contribution in [0, 0.1) is 11.3 Å². The zero-order valence-electron chi connectivity index (χ0n) is 13.2. The first-order valence-corrected chi connectivity index (χ1v) is 8.69. The van der Waals surface area contributed by atoms with Gasteiger partial charge in [-0.3, -0.25) is 9.69 Å². The van der Waals surface area contributed by atoms with E-state index in [1.165, 1.54) is 23.5 Å². The summed E-state index contributed by atoms with van der Waals surface area (Å²) in [6.45, 7) is 1.78. The summed E-state index contributed by atoms with van der Waals surface area (Å²) in [6, 6.07) is 8.45. The average Bonchev–Trinajstić information content (AvgIpc) is 3.25. The number of rotatable bonds is 5. The molecule has 0 bridgehead atoms. The van der Waals surface area contributed by atoms with E-state index in [0.717, 1.165) is 19.5 Å². The van der Waals surface area contributed by atoms with Gasteiger partial charge < -0.3 is 9.88 Å². The van der Waals surface area contributed by atoms with E-state index in [2.05, 4.69) is 46.2 Å². The number of nitriles is 1. The lowest BCUT2D eigenvalue weighted by molar-refractivity contribution is -0.116. The summed E-state index contributed by atoms with van der Waals surface area (Å²) in [6.07, 6.45) is 4.83. The molecule has 0 unspecified atom stereocenters. The highest BCUT2D eigenvalue weighted by atomic mass is 32.1. The molecule has 0 aromatic carbocycles. The van der Waals surface area contributed by atoms with Gasteiger partial charge in [0.25, 0.3) is 0 Å². The molecular weight excluding hydrogens is 308 g/mol. The number of aromatic nitrogens is 1. The minimum atomic E-state index is -0.0264. The molecule has 6 heteroatoms. The van der Waals surface area contributed by atoms with Crippen LogP contribution in [-0.2, 0) is 11.8 Å². The molecule has 0 radical (unpaired) electrons. The molecule has 0 saturated carbocycles. The Hall–Kier alpha value is -2.10. The van der Waals surface area contributed by atoms with Crippen LogP contribution in [0.15, 0.2) is 29.8 Å². The molecule has 5 nitrogen and oxygen atoms in total. The Balaban J connectivity index is 1.56. The van der Waals surface area contributed by atoms with Gasteiger partial charge in [0.05, 0.1) is 11.6 Å². The molecule has 1 fully saturated rings. The monoisotopic (exact) mass is 328 g/mol. The van der Waals surface area contributed by atoms with Crippen molar-refractivity contribution in [1.82, 2.24) is 9.47 Å². The third-order valence-corrected chi connectivity index (χ3v) is 5.18. The summed E-state index contributed by atoms with van der Waals surface area (Å²) < 4.78 is 2.16. The Labute approximate surface area is 140 Å². The molecule has 1 aliphatic heterocycles. The van der Waals surface area contributed by atoms with Crippen molar-refractivity contribution in [2.75, 3.05) is 18.4 Å². The number of amides is 1. The van der Waals surface area contributed by atoms with Gasteiger partial charge in [-0.25, -0.2) is 0 Å². The number of hydrogen-bond donors (Lipinski definition) is 1. The second kappa shape index (κ2) is 6.99. The summed E-state index contributed by atoms with van der Waals surface area (Å²) >= 11 is 1.39. The minimum Gasteiger partial charge on any atom is -0.353 e. The van der Waals surface area contributed by atoms with E-state index in [9.17, 15) is 4.79 Å². The van der Waals surface area contributed by atoms with E-state index in [1.807, 2.05) is 5.38 Å². The molecule has 0 spiro atoms. The standard InChI is InChI=1S/C17H20N4OS/c1-20-8-2-4-14(20)15-5-3-9-21(15)10-6-16(22)19-17-13(12-18)7-11-23-17/h2,4,7-8,11,15H,3,5-6,9-10H2,1H3,(H,19,22)/t15-/m0/s1. The molecule has 1 saturated heterocycles. The number of nitrogens with one attached hydrogen (secondary N) is 1. The second-order valence-electron chi connectivity index (χ2n) is 5.81. The van der Waals surface area contributed by atoms with Crippen molar-refractivity contribution in [2.45, 2.75) is 25.3 Å². The fourth-order valence-electron chi connectivity index (χ4n) is 3.18. The van der Waals surface area contributed by atoms with Crippen molar-refractivity contribution in [2.24, 2.45) is 7.05 Å². The number of carbonyl (C=O) groups excluding carboxylic acids is 1. The van der Waals surface area contributed by atoms with E-state index in [1.54, 1.807) is 6.07 Å². The highest BCUT2D eigenvalue weighted by Gasteiger charge is 2.27. The topological polar surface area (TPSA) is 61.1 Å². The Bertz CT molecular complexity index is 727. The smallest absolute Gasteiger partial charge is 0.226 e. The van der Waals surface area contributed by atoms with Gasteiger partial charge in [0.1, 0.15) is 11.1 Å². The zero-order valence-corrected chi connectivity index (χ0v) is 14.0. The molecular formula is C17H20N4OS. The number of carbonyl (C=O) groups is 1. The number of thiophene rings is 1. The summed E-state index contributed by atoms with van der Waals surface area (Å²) in [5.41, 5.74) is 1.85. The summed E-state index contributed by atoms with van der Waals surface area (Å²) in [5, 5.41) is 14.3. The number of anilines is 1. The summed E-state index contributed by atoms with van der Waals surface area (Å²) in [7, 11) is 2.07. The van der Waals surface area contributed by atoms with E-state index < -0.39 is 0 Å². The molecule has 1 N–H and O–H groups in total. The fourth-order valence-corrected chi connectivity index (χ4v) is 3.93. The lowest BCUT2D eigenvalue weighted by Gasteiger charge is -2.24. The number of aryl methyl sites for hydroxylation is 1. The van der Waals surface area contributed by atoms with Crippen molar-refractivity contribution in [3.8, 4) is 6.07 Å². The maximum atomic E-state index is 12.1. The summed E-state index contributed by atoms with van der Waals surface area (Å²) in [4.78, 5) is 14.5. The van der Waals surface area contributed by atoms with Crippen LogP contribution in [0.5, 0.6) is 0 Å². The number of likely N-dealkylation sites (tertiary alicyclic amines) is 1. The van der Waals surface area contributed by atoms with Gasteiger partial charge in [-0.1, -0.05) is 0 Å². The molecule has 2 aromatic rings. The molecule has 0 aliphatic carbocycles. The van der Waals surface area contributed by atoms with Gasteiger partial charge >= 0.3 is 0 Å². The first kappa shape index (κ1) is 15.8. The van der Waals surface area contributed by atoms with Crippen LogP contribution in [0.25, 0.3) is 0 Å². The van der Waals surface area contributed by atoms with Crippen molar-refractivity contribution >= 4 is 22.2 Å². The molecule has 1 aliphatic rings. The Kier molecular flexibility index (Phi) is 4.79. The van der Waals surface area contributed by atoms with Crippen LogP contribution in [0.3, 0.4) is 0 Å². The van der Waals surface area contributed by atoms with Crippen LogP contribution in [0.2, 0.25) is 0 Å².